The first-order valence-corrected chi connectivity index (χ1v) is 10.4. The molecule has 8 heteroatoms. The molecule has 1 amide bonds. The molecule has 1 aliphatic carbocycles. The highest BCUT2D eigenvalue weighted by Gasteiger charge is 2.36. The van der Waals surface area contributed by atoms with Crippen LogP contribution in [0.2, 0.25) is 0 Å². The number of hydrogen-bond donors (Lipinski definition) is 1. The van der Waals surface area contributed by atoms with E-state index in [1.165, 1.54) is 34.8 Å². The van der Waals surface area contributed by atoms with Crippen molar-refractivity contribution < 1.29 is 9.53 Å². The summed E-state index contributed by atoms with van der Waals surface area (Å²) in [5.41, 5.74) is 2.08. The summed E-state index contributed by atoms with van der Waals surface area (Å²) in [4.78, 5) is 14.8. The fourth-order valence-corrected chi connectivity index (χ4v) is 4.63. The highest BCUT2D eigenvalue weighted by Crippen LogP contribution is 2.29. The molecule has 4 rings (SSSR count). The second-order valence-corrected chi connectivity index (χ2v) is 8.12. The number of thioether (sulfide) groups is 1. The highest BCUT2D eigenvalue weighted by atomic mass is 32.2. The topological polar surface area (TPSA) is 86.3 Å². The lowest BCUT2D eigenvalue weighted by atomic mass is 9.90. The van der Waals surface area contributed by atoms with Crippen LogP contribution in [0.3, 0.4) is 0 Å². The van der Waals surface area contributed by atoms with Crippen molar-refractivity contribution in [2.75, 3.05) is 24.7 Å². The molecule has 27 heavy (non-hydrogen) atoms. The van der Waals surface area contributed by atoms with E-state index in [0.29, 0.717) is 29.9 Å². The van der Waals surface area contributed by atoms with Crippen molar-refractivity contribution in [3.05, 3.63) is 29.8 Å². The van der Waals surface area contributed by atoms with Crippen LogP contribution in [-0.4, -0.2) is 56.7 Å². The van der Waals surface area contributed by atoms with E-state index in [0.717, 1.165) is 18.4 Å². The van der Waals surface area contributed by atoms with Crippen LogP contribution in [0, 0.1) is 6.92 Å². The fourth-order valence-electron chi connectivity index (χ4n) is 3.89. The number of nitrogens with zero attached hydrogens (tertiary/aromatic N) is 4. The van der Waals surface area contributed by atoms with E-state index in [1.54, 1.807) is 0 Å². The minimum absolute atomic E-state index is 0.125. The molecule has 7 nitrogen and oxygen atoms in total. The molecule has 2 aromatic rings. The maximum absolute atomic E-state index is 12.8. The average Bonchev–Trinajstić information content (AvgIpc) is 3.07. The first-order chi connectivity index (χ1) is 13.1. The van der Waals surface area contributed by atoms with Gasteiger partial charge in [0.25, 0.3) is 0 Å². The third-order valence-electron chi connectivity index (χ3n) is 5.35. The van der Waals surface area contributed by atoms with Gasteiger partial charge in [0.1, 0.15) is 0 Å². The van der Waals surface area contributed by atoms with Gasteiger partial charge in [0.2, 0.25) is 11.1 Å². The summed E-state index contributed by atoms with van der Waals surface area (Å²) < 4.78 is 7.32. The normalized spacial score (nSPS) is 22.5. The van der Waals surface area contributed by atoms with Gasteiger partial charge in [-0.15, -0.1) is 10.2 Å². The second kappa shape index (κ2) is 7.90. The average molecular weight is 388 g/mol. The van der Waals surface area contributed by atoms with Crippen molar-refractivity contribution >= 4 is 17.7 Å². The second-order valence-electron chi connectivity index (χ2n) is 7.18. The third kappa shape index (κ3) is 3.82. The predicted molar refractivity (Wildman–Crippen MR) is 105 cm³/mol. The Balaban J connectivity index is 1.41. The molecule has 0 bridgehead atoms. The van der Waals surface area contributed by atoms with E-state index in [1.807, 2.05) is 36.1 Å². The van der Waals surface area contributed by atoms with Gasteiger partial charge in [-0.05, 0) is 19.8 Å². The SMILES string of the molecule is Cc1ccc(-c2nnc(SCC(=O)N3CCOC4CCCCC43)n2N)cc1. The Labute approximate surface area is 163 Å². The van der Waals surface area contributed by atoms with E-state index in [-0.39, 0.29) is 18.1 Å². The first kappa shape index (κ1) is 18.3. The number of rotatable bonds is 4. The van der Waals surface area contributed by atoms with Gasteiger partial charge >= 0.3 is 0 Å². The number of hydrogen-bond acceptors (Lipinski definition) is 6. The van der Waals surface area contributed by atoms with Crippen molar-refractivity contribution in [2.45, 2.75) is 49.9 Å². The molecule has 1 aliphatic heterocycles. The molecular formula is C19H25N5O2S. The molecule has 1 aromatic carbocycles. The summed E-state index contributed by atoms with van der Waals surface area (Å²) in [6.07, 6.45) is 4.64. The van der Waals surface area contributed by atoms with E-state index >= 15 is 0 Å². The van der Waals surface area contributed by atoms with Crippen LogP contribution in [0.4, 0.5) is 0 Å². The zero-order chi connectivity index (χ0) is 18.8. The number of fused-ring (bicyclic) bond motifs is 1. The van der Waals surface area contributed by atoms with E-state index in [4.69, 9.17) is 10.6 Å². The molecule has 0 spiro atoms. The fraction of sp³-hybridized carbons (Fsp3) is 0.526. The molecule has 1 saturated carbocycles. The van der Waals surface area contributed by atoms with Crippen LogP contribution in [0.25, 0.3) is 11.4 Å². The number of amides is 1. The zero-order valence-corrected chi connectivity index (χ0v) is 16.3. The number of aryl methyl sites for hydroxylation is 1. The van der Waals surface area contributed by atoms with Crippen molar-refractivity contribution in [3.8, 4) is 11.4 Å². The molecule has 2 unspecified atom stereocenters. The summed E-state index contributed by atoms with van der Waals surface area (Å²) in [5, 5.41) is 8.91. The number of carbonyl (C=O) groups excluding carboxylic acids is 1. The largest absolute Gasteiger partial charge is 0.374 e. The highest BCUT2D eigenvalue weighted by molar-refractivity contribution is 7.99. The van der Waals surface area contributed by atoms with Crippen molar-refractivity contribution in [3.63, 3.8) is 0 Å². The maximum atomic E-state index is 12.8. The van der Waals surface area contributed by atoms with Gasteiger partial charge in [0.05, 0.1) is 24.5 Å². The summed E-state index contributed by atoms with van der Waals surface area (Å²) in [5.74, 6) is 7.21. The molecule has 144 valence electrons. The van der Waals surface area contributed by atoms with Crippen molar-refractivity contribution in [2.24, 2.45) is 0 Å². The zero-order valence-electron chi connectivity index (χ0n) is 15.5. The minimum Gasteiger partial charge on any atom is -0.374 e. The van der Waals surface area contributed by atoms with Crippen LogP contribution >= 0.6 is 11.8 Å². The lowest BCUT2D eigenvalue weighted by molar-refractivity contribution is -0.146. The molecular weight excluding hydrogens is 362 g/mol. The molecule has 0 radical (unpaired) electrons. The van der Waals surface area contributed by atoms with Crippen molar-refractivity contribution in [1.82, 2.24) is 19.8 Å². The predicted octanol–water partition coefficient (Wildman–Crippen LogP) is 2.23. The number of aromatic nitrogens is 3. The van der Waals surface area contributed by atoms with Crippen LogP contribution in [0.1, 0.15) is 31.2 Å². The van der Waals surface area contributed by atoms with Gasteiger partial charge in [-0.1, -0.05) is 54.4 Å². The van der Waals surface area contributed by atoms with Gasteiger partial charge in [0, 0.05) is 12.1 Å². The minimum atomic E-state index is 0.125. The Hall–Kier alpha value is -2.06. The standard InChI is InChI=1S/C19H25N5O2S/c1-13-6-8-14(9-7-13)18-21-22-19(24(18)20)27-12-17(25)23-10-11-26-16-5-3-2-4-15(16)23/h6-9,15-16H,2-5,10-12,20H2,1H3. The Morgan fingerprint density at radius 1 is 1.26 bits per heavy atom. The van der Waals surface area contributed by atoms with E-state index in [2.05, 4.69) is 10.2 Å². The Morgan fingerprint density at radius 2 is 2.04 bits per heavy atom. The van der Waals surface area contributed by atoms with Gasteiger partial charge < -0.3 is 15.5 Å². The van der Waals surface area contributed by atoms with Crippen molar-refractivity contribution in [1.29, 1.82) is 0 Å². The number of ether oxygens (including phenoxy) is 1. The Morgan fingerprint density at radius 3 is 2.85 bits per heavy atom. The Kier molecular flexibility index (Phi) is 5.36. The molecule has 1 saturated heterocycles. The molecule has 1 aromatic heterocycles. The number of nitrogen functional groups attached to an aromatic ring is 1. The summed E-state index contributed by atoms with van der Waals surface area (Å²) in [7, 11) is 0. The van der Waals surface area contributed by atoms with E-state index < -0.39 is 0 Å². The molecule has 2 aliphatic rings. The summed E-state index contributed by atoms with van der Waals surface area (Å²) >= 11 is 1.34. The Bertz CT molecular complexity index is 805. The lowest BCUT2D eigenvalue weighted by Gasteiger charge is -2.43. The number of carbonyl (C=O) groups is 1. The first-order valence-electron chi connectivity index (χ1n) is 9.45. The number of morpholine rings is 1. The van der Waals surface area contributed by atoms with Crippen LogP contribution in [-0.2, 0) is 9.53 Å². The lowest BCUT2D eigenvalue weighted by Crippen LogP contribution is -2.55. The smallest absolute Gasteiger partial charge is 0.233 e. The monoisotopic (exact) mass is 387 g/mol. The van der Waals surface area contributed by atoms with Crippen LogP contribution in [0.5, 0.6) is 0 Å². The van der Waals surface area contributed by atoms with Gasteiger partial charge in [-0.25, -0.2) is 4.68 Å². The van der Waals surface area contributed by atoms with Crippen LogP contribution < -0.4 is 5.84 Å². The van der Waals surface area contributed by atoms with Gasteiger partial charge in [-0.3, -0.25) is 4.79 Å². The van der Waals surface area contributed by atoms with Crippen LogP contribution in [0.15, 0.2) is 29.4 Å². The summed E-state index contributed by atoms with van der Waals surface area (Å²) in [6.45, 7) is 3.33. The van der Waals surface area contributed by atoms with Gasteiger partial charge in [0.15, 0.2) is 5.82 Å². The number of nitrogens with two attached hydrogens (primary N) is 1. The third-order valence-corrected chi connectivity index (χ3v) is 6.28. The van der Waals surface area contributed by atoms with Gasteiger partial charge in [-0.2, -0.15) is 0 Å². The van der Waals surface area contributed by atoms with E-state index in [9.17, 15) is 4.79 Å². The molecule has 2 N–H and O–H groups in total. The quantitative estimate of drug-likeness (QED) is 0.640. The molecule has 2 heterocycles. The molecule has 2 atom stereocenters. The maximum Gasteiger partial charge on any atom is 0.233 e. The number of benzene rings is 1. The molecule has 2 fully saturated rings. The summed E-state index contributed by atoms with van der Waals surface area (Å²) in [6, 6.07) is 8.19.